The molecule has 24 heavy (non-hydrogen) atoms. The third-order valence-corrected chi connectivity index (χ3v) is 3.59. The van der Waals surface area contributed by atoms with Crippen LogP contribution in [0.25, 0.3) is 0 Å². The maximum atomic E-state index is 12.2. The van der Waals surface area contributed by atoms with E-state index in [1.54, 1.807) is 13.3 Å². The predicted molar refractivity (Wildman–Crippen MR) is 96.2 cm³/mol. The maximum Gasteiger partial charge on any atom is 0.323 e. The fourth-order valence-corrected chi connectivity index (χ4v) is 2.53. The van der Waals surface area contributed by atoms with Crippen molar-refractivity contribution in [1.29, 1.82) is 0 Å². The van der Waals surface area contributed by atoms with Crippen LogP contribution in [0.2, 0.25) is 0 Å². The molecule has 0 unspecified atom stereocenters. The van der Waals surface area contributed by atoms with E-state index < -0.39 is 0 Å². The van der Waals surface area contributed by atoms with Gasteiger partial charge in [0.2, 0.25) is 0 Å². The second-order valence-corrected chi connectivity index (χ2v) is 6.14. The van der Waals surface area contributed by atoms with Crippen molar-refractivity contribution in [3.8, 4) is 0 Å². The number of anilines is 2. The van der Waals surface area contributed by atoms with Crippen LogP contribution >= 0.6 is 0 Å². The molecule has 1 aromatic heterocycles. The summed E-state index contributed by atoms with van der Waals surface area (Å²) in [6.07, 6.45) is 2.52. The van der Waals surface area contributed by atoms with Gasteiger partial charge >= 0.3 is 6.03 Å². The number of rotatable bonds is 7. The minimum Gasteiger partial charge on any atom is -0.380 e. The van der Waals surface area contributed by atoms with Gasteiger partial charge in [0.05, 0.1) is 24.2 Å². The van der Waals surface area contributed by atoms with Crippen LogP contribution in [0.3, 0.4) is 0 Å². The number of nitrogens with one attached hydrogen (secondary N) is 2. The number of amides is 2. The van der Waals surface area contributed by atoms with Gasteiger partial charge in [-0.2, -0.15) is 5.10 Å². The number of benzene rings is 1. The van der Waals surface area contributed by atoms with Gasteiger partial charge in [-0.25, -0.2) is 4.79 Å². The average Bonchev–Trinajstić information content (AvgIpc) is 2.90. The minimum absolute atomic E-state index is 0.270. The van der Waals surface area contributed by atoms with Crippen molar-refractivity contribution < 1.29 is 9.53 Å². The summed E-state index contributed by atoms with van der Waals surface area (Å²) in [6, 6.07) is 7.30. The number of carbonyl (C=O) groups is 1. The van der Waals surface area contributed by atoms with Crippen LogP contribution in [0.5, 0.6) is 0 Å². The average molecular weight is 330 g/mol. The first-order valence-electron chi connectivity index (χ1n) is 8.24. The standard InChI is InChI=1S/C18H26N4O2/c1-5-17-16(10-19-22(17)11-13(2)3)21-18(23)20-15-8-6-14(7-9-15)12-24-4/h6-10,13H,5,11-12H2,1-4H3,(H2,20,21,23). The van der Waals surface area contributed by atoms with Crippen LogP contribution < -0.4 is 10.6 Å². The molecule has 2 rings (SSSR count). The molecule has 0 bridgehead atoms. The van der Waals surface area contributed by atoms with Gasteiger partial charge in [0.1, 0.15) is 0 Å². The van der Waals surface area contributed by atoms with Crippen LogP contribution in [0.1, 0.15) is 32.0 Å². The van der Waals surface area contributed by atoms with E-state index in [2.05, 4.69) is 36.5 Å². The van der Waals surface area contributed by atoms with E-state index in [-0.39, 0.29) is 6.03 Å². The Morgan fingerprint density at radius 1 is 1.25 bits per heavy atom. The second kappa shape index (κ2) is 8.49. The zero-order valence-electron chi connectivity index (χ0n) is 14.8. The largest absolute Gasteiger partial charge is 0.380 e. The van der Waals surface area contributed by atoms with E-state index in [0.29, 0.717) is 12.5 Å². The summed E-state index contributed by atoms with van der Waals surface area (Å²) in [6.45, 7) is 7.75. The van der Waals surface area contributed by atoms with E-state index in [9.17, 15) is 4.79 Å². The van der Waals surface area contributed by atoms with Crippen LogP contribution in [-0.4, -0.2) is 22.9 Å². The summed E-state index contributed by atoms with van der Waals surface area (Å²) >= 11 is 0. The van der Waals surface area contributed by atoms with Gasteiger partial charge in [-0.15, -0.1) is 0 Å². The van der Waals surface area contributed by atoms with Crippen molar-refractivity contribution >= 4 is 17.4 Å². The summed E-state index contributed by atoms with van der Waals surface area (Å²) in [7, 11) is 1.66. The zero-order chi connectivity index (χ0) is 17.5. The molecule has 0 aliphatic carbocycles. The van der Waals surface area contributed by atoms with Gasteiger partial charge in [-0.05, 0) is 30.0 Å². The molecule has 0 saturated heterocycles. The van der Waals surface area contributed by atoms with E-state index in [4.69, 9.17) is 4.74 Å². The first kappa shape index (κ1) is 18.0. The summed E-state index contributed by atoms with van der Waals surface area (Å²) < 4.78 is 7.03. The quantitative estimate of drug-likeness (QED) is 0.809. The number of carbonyl (C=O) groups excluding carboxylic acids is 1. The fraction of sp³-hybridized carbons (Fsp3) is 0.444. The van der Waals surface area contributed by atoms with Crippen LogP contribution in [0.4, 0.5) is 16.2 Å². The maximum absolute atomic E-state index is 12.2. The van der Waals surface area contributed by atoms with Crippen molar-refractivity contribution in [2.75, 3.05) is 17.7 Å². The van der Waals surface area contributed by atoms with E-state index in [1.807, 2.05) is 28.9 Å². The third-order valence-electron chi connectivity index (χ3n) is 3.59. The Morgan fingerprint density at radius 3 is 2.54 bits per heavy atom. The number of nitrogens with zero attached hydrogens (tertiary/aromatic N) is 2. The van der Waals surface area contributed by atoms with Gasteiger partial charge < -0.3 is 15.4 Å². The van der Waals surface area contributed by atoms with E-state index in [1.165, 1.54) is 0 Å². The minimum atomic E-state index is -0.270. The predicted octanol–water partition coefficient (Wildman–Crippen LogP) is 3.89. The van der Waals surface area contributed by atoms with Gasteiger partial charge in [-0.1, -0.05) is 32.9 Å². The number of methoxy groups -OCH3 is 1. The molecule has 0 radical (unpaired) electrons. The number of aromatic nitrogens is 2. The first-order chi connectivity index (χ1) is 11.5. The topological polar surface area (TPSA) is 68.2 Å². The highest BCUT2D eigenvalue weighted by Crippen LogP contribution is 2.18. The van der Waals surface area contributed by atoms with Gasteiger partial charge in [0, 0.05) is 19.3 Å². The molecule has 6 nitrogen and oxygen atoms in total. The lowest BCUT2D eigenvalue weighted by molar-refractivity contribution is 0.185. The molecule has 0 aliphatic rings. The molecule has 0 fully saturated rings. The summed E-state index contributed by atoms with van der Waals surface area (Å²) in [5.41, 5.74) is 3.59. The van der Waals surface area contributed by atoms with Crippen LogP contribution in [0.15, 0.2) is 30.5 Å². The van der Waals surface area contributed by atoms with Crippen molar-refractivity contribution in [2.24, 2.45) is 5.92 Å². The summed E-state index contributed by atoms with van der Waals surface area (Å²) in [5.74, 6) is 0.502. The Morgan fingerprint density at radius 2 is 1.96 bits per heavy atom. The highest BCUT2D eigenvalue weighted by atomic mass is 16.5. The van der Waals surface area contributed by atoms with Gasteiger partial charge in [0.15, 0.2) is 0 Å². The van der Waals surface area contributed by atoms with Crippen molar-refractivity contribution in [1.82, 2.24) is 9.78 Å². The van der Waals surface area contributed by atoms with Gasteiger partial charge in [-0.3, -0.25) is 4.68 Å². The number of hydrogen-bond acceptors (Lipinski definition) is 3. The third kappa shape index (κ3) is 4.83. The Kier molecular flexibility index (Phi) is 6.37. The van der Waals surface area contributed by atoms with Gasteiger partial charge in [0.25, 0.3) is 0 Å². The monoisotopic (exact) mass is 330 g/mol. The van der Waals surface area contributed by atoms with Crippen LogP contribution in [0, 0.1) is 5.92 Å². The Hall–Kier alpha value is -2.34. The molecule has 1 aromatic carbocycles. The molecule has 0 saturated carbocycles. The Labute approximate surface area is 143 Å². The molecule has 0 aliphatic heterocycles. The molecular weight excluding hydrogens is 304 g/mol. The number of ether oxygens (including phenoxy) is 1. The Bertz CT molecular complexity index is 662. The normalized spacial score (nSPS) is 10.9. The second-order valence-electron chi connectivity index (χ2n) is 6.14. The molecule has 2 amide bonds. The van der Waals surface area contributed by atoms with Crippen molar-refractivity contribution in [2.45, 2.75) is 40.3 Å². The molecule has 1 heterocycles. The number of hydrogen-bond donors (Lipinski definition) is 2. The van der Waals surface area contributed by atoms with E-state index >= 15 is 0 Å². The van der Waals surface area contributed by atoms with Crippen molar-refractivity contribution in [3.63, 3.8) is 0 Å². The summed E-state index contributed by atoms with van der Waals surface area (Å²) in [5, 5.41) is 10.1. The van der Waals surface area contributed by atoms with Crippen molar-refractivity contribution in [3.05, 3.63) is 41.7 Å². The molecule has 2 aromatic rings. The lowest BCUT2D eigenvalue weighted by Gasteiger charge is -2.11. The molecule has 6 heteroatoms. The van der Waals surface area contributed by atoms with Crippen LogP contribution in [-0.2, 0) is 24.3 Å². The SMILES string of the molecule is CCc1c(NC(=O)Nc2ccc(COC)cc2)cnn1CC(C)C. The lowest BCUT2D eigenvalue weighted by Crippen LogP contribution is -2.20. The molecule has 0 atom stereocenters. The van der Waals surface area contributed by atoms with E-state index in [0.717, 1.165) is 35.6 Å². The summed E-state index contributed by atoms with van der Waals surface area (Å²) in [4.78, 5) is 12.2. The smallest absolute Gasteiger partial charge is 0.323 e. The fourth-order valence-electron chi connectivity index (χ4n) is 2.53. The number of urea groups is 1. The molecule has 0 spiro atoms. The molecule has 2 N–H and O–H groups in total. The Balaban J connectivity index is 2.00. The lowest BCUT2D eigenvalue weighted by atomic mass is 10.2. The first-order valence-corrected chi connectivity index (χ1v) is 8.24. The highest BCUT2D eigenvalue weighted by Gasteiger charge is 2.12. The molecule has 130 valence electrons. The highest BCUT2D eigenvalue weighted by molar-refractivity contribution is 6.00. The molecular formula is C18H26N4O2. The zero-order valence-corrected chi connectivity index (χ0v) is 14.8.